The lowest BCUT2D eigenvalue weighted by Crippen LogP contribution is -2.36. The number of methoxy groups -OCH3 is 1. The first kappa shape index (κ1) is 14.2. The van der Waals surface area contributed by atoms with Crippen molar-refractivity contribution in [2.24, 2.45) is 5.92 Å². The third-order valence-electron chi connectivity index (χ3n) is 2.86. The van der Waals surface area contributed by atoms with Crippen molar-refractivity contribution in [1.29, 1.82) is 0 Å². The van der Waals surface area contributed by atoms with Gasteiger partial charge in [0.2, 0.25) is 0 Å². The molecule has 3 nitrogen and oxygen atoms in total. The summed E-state index contributed by atoms with van der Waals surface area (Å²) in [7, 11) is 1.42. The molecule has 0 aliphatic carbocycles. The van der Waals surface area contributed by atoms with Gasteiger partial charge in [0, 0.05) is 17.1 Å². The Balaban J connectivity index is 2.45. The van der Waals surface area contributed by atoms with Crippen LogP contribution in [0.25, 0.3) is 0 Å². The SMILES string of the molecule is COC(=O)C(C)C(C)NCc1ccc(Br)cc1. The molecule has 1 aromatic carbocycles. The highest BCUT2D eigenvalue weighted by Gasteiger charge is 2.19. The van der Waals surface area contributed by atoms with E-state index in [1.807, 2.05) is 38.1 Å². The minimum atomic E-state index is -0.180. The second-order valence-corrected chi connectivity index (χ2v) is 5.02. The molecule has 0 fully saturated rings. The molecule has 1 N–H and O–H groups in total. The molecule has 4 heteroatoms. The molecule has 2 atom stereocenters. The van der Waals surface area contributed by atoms with Crippen LogP contribution in [0.15, 0.2) is 28.7 Å². The first-order valence-electron chi connectivity index (χ1n) is 5.60. The smallest absolute Gasteiger partial charge is 0.309 e. The summed E-state index contributed by atoms with van der Waals surface area (Å²) in [5.41, 5.74) is 1.19. The summed E-state index contributed by atoms with van der Waals surface area (Å²) in [6, 6.07) is 8.20. The second-order valence-electron chi connectivity index (χ2n) is 4.11. The normalized spacial score (nSPS) is 14.1. The molecule has 0 spiro atoms. The van der Waals surface area contributed by atoms with Crippen LogP contribution in [-0.2, 0) is 16.1 Å². The van der Waals surface area contributed by atoms with Crippen LogP contribution in [0.2, 0.25) is 0 Å². The van der Waals surface area contributed by atoms with Crippen LogP contribution in [0.4, 0.5) is 0 Å². The van der Waals surface area contributed by atoms with Gasteiger partial charge in [-0.3, -0.25) is 4.79 Å². The Morgan fingerprint density at radius 1 is 1.35 bits per heavy atom. The number of hydrogen-bond acceptors (Lipinski definition) is 3. The quantitative estimate of drug-likeness (QED) is 0.850. The van der Waals surface area contributed by atoms with Crippen LogP contribution < -0.4 is 5.32 Å². The molecule has 0 amide bonds. The average molecular weight is 300 g/mol. The van der Waals surface area contributed by atoms with Crippen molar-refractivity contribution in [3.05, 3.63) is 34.3 Å². The molecule has 0 radical (unpaired) electrons. The van der Waals surface area contributed by atoms with Gasteiger partial charge in [-0.2, -0.15) is 0 Å². The second kappa shape index (κ2) is 6.77. The highest BCUT2D eigenvalue weighted by molar-refractivity contribution is 9.10. The van der Waals surface area contributed by atoms with Gasteiger partial charge in [-0.25, -0.2) is 0 Å². The Kier molecular flexibility index (Phi) is 5.65. The molecule has 17 heavy (non-hydrogen) atoms. The Morgan fingerprint density at radius 3 is 2.47 bits per heavy atom. The molecule has 0 saturated heterocycles. The molecular formula is C13H18BrNO2. The lowest BCUT2D eigenvalue weighted by molar-refractivity contribution is -0.145. The lowest BCUT2D eigenvalue weighted by Gasteiger charge is -2.19. The topological polar surface area (TPSA) is 38.3 Å². The van der Waals surface area contributed by atoms with Crippen molar-refractivity contribution in [3.8, 4) is 0 Å². The molecule has 0 bridgehead atoms. The number of carbonyl (C=O) groups excluding carboxylic acids is 1. The largest absolute Gasteiger partial charge is 0.469 e. The third kappa shape index (κ3) is 4.48. The summed E-state index contributed by atoms with van der Waals surface area (Å²) in [4.78, 5) is 11.3. The predicted octanol–water partition coefficient (Wildman–Crippen LogP) is 2.74. The highest BCUT2D eigenvalue weighted by atomic mass is 79.9. The van der Waals surface area contributed by atoms with Crippen LogP contribution >= 0.6 is 15.9 Å². The van der Waals surface area contributed by atoms with Gasteiger partial charge in [-0.15, -0.1) is 0 Å². The summed E-state index contributed by atoms with van der Waals surface area (Å²) in [6.45, 7) is 4.60. The van der Waals surface area contributed by atoms with E-state index in [4.69, 9.17) is 4.74 Å². The molecule has 2 unspecified atom stereocenters. The molecule has 0 aliphatic heterocycles. The van der Waals surface area contributed by atoms with E-state index >= 15 is 0 Å². The Labute approximate surface area is 111 Å². The van der Waals surface area contributed by atoms with E-state index in [0.717, 1.165) is 11.0 Å². The first-order valence-corrected chi connectivity index (χ1v) is 6.39. The minimum Gasteiger partial charge on any atom is -0.469 e. The Hall–Kier alpha value is -0.870. The zero-order valence-electron chi connectivity index (χ0n) is 10.4. The van der Waals surface area contributed by atoms with Gasteiger partial charge in [0.15, 0.2) is 0 Å². The van der Waals surface area contributed by atoms with Crippen LogP contribution in [0.5, 0.6) is 0 Å². The summed E-state index contributed by atoms with van der Waals surface area (Å²) in [5, 5.41) is 3.32. The monoisotopic (exact) mass is 299 g/mol. The molecule has 0 aromatic heterocycles. The summed E-state index contributed by atoms with van der Waals surface area (Å²) in [6.07, 6.45) is 0. The Bertz CT molecular complexity index is 364. The summed E-state index contributed by atoms with van der Waals surface area (Å²) < 4.78 is 5.78. The number of benzene rings is 1. The number of halogens is 1. The van der Waals surface area contributed by atoms with Gasteiger partial charge in [0.05, 0.1) is 13.0 Å². The van der Waals surface area contributed by atoms with Crippen molar-refractivity contribution < 1.29 is 9.53 Å². The maximum Gasteiger partial charge on any atom is 0.309 e. The standard InChI is InChI=1S/C13H18BrNO2/c1-9(13(16)17-3)10(2)15-8-11-4-6-12(14)7-5-11/h4-7,9-10,15H,8H2,1-3H3. The highest BCUT2D eigenvalue weighted by Crippen LogP contribution is 2.11. The van der Waals surface area contributed by atoms with Gasteiger partial charge < -0.3 is 10.1 Å². The fourth-order valence-corrected chi connectivity index (χ4v) is 1.71. The van der Waals surface area contributed by atoms with Crippen LogP contribution in [0, 0.1) is 5.92 Å². The van der Waals surface area contributed by atoms with Crippen molar-refractivity contribution in [3.63, 3.8) is 0 Å². The zero-order chi connectivity index (χ0) is 12.8. The van der Waals surface area contributed by atoms with E-state index in [9.17, 15) is 4.79 Å². The minimum absolute atomic E-state index is 0.0890. The van der Waals surface area contributed by atoms with E-state index in [1.165, 1.54) is 12.7 Å². The third-order valence-corrected chi connectivity index (χ3v) is 3.39. The van der Waals surface area contributed by atoms with Gasteiger partial charge in [0.1, 0.15) is 0 Å². The van der Waals surface area contributed by atoms with Gasteiger partial charge in [-0.1, -0.05) is 35.0 Å². The summed E-state index contributed by atoms with van der Waals surface area (Å²) >= 11 is 3.40. The van der Waals surface area contributed by atoms with E-state index in [2.05, 4.69) is 21.2 Å². The maximum absolute atomic E-state index is 11.3. The van der Waals surface area contributed by atoms with Gasteiger partial charge in [0.25, 0.3) is 0 Å². The number of ether oxygens (including phenoxy) is 1. The fourth-order valence-electron chi connectivity index (χ4n) is 1.45. The van der Waals surface area contributed by atoms with Crippen LogP contribution in [0.3, 0.4) is 0 Å². The van der Waals surface area contributed by atoms with Gasteiger partial charge in [-0.05, 0) is 24.6 Å². The zero-order valence-corrected chi connectivity index (χ0v) is 12.0. The van der Waals surface area contributed by atoms with E-state index in [-0.39, 0.29) is 17.9 Å². The lowest BCUT2D eigenvalue weighted by atomic mass is 10.0. The number of rotatable bonds is 5. The van der Waals surface area contributed by atoms with Crippen molar-refractivity contribution in [1.82, 2.24) is 5.32 Å². The number of esters is 1. The van der Waals surface area contributed by atoms with Crippen molar-refractivity contribution in [2.75, 3.05) is 7.11 Å². The molecule has 0 heterocycles. The van der Waals surface area contributed by atoms with E-state index < -0.39 is 0 Å². The van der Waals surface area contributed by atoms with E-state index in [0.29, 0.717) is 0 Å². The van der Waals surface area contributed by atoms with Crippen LogP contribution in [-0.4, -0.2) is 19.1 Å². The number of hydrogen-bond donors (Lipinski definition) is 1. The average Bonchev–Trinajstić information content (AvgIpc) is 2.35. The maximum atomic E-state index is 11.3. The van der Waals surface area contributed by atoms with Crippen molar-refractivity contribution >= 4 is 21.9 Å². The molecule has 1 rings (SSSR count). The predicted molar refractivity (Wildman–Crippen MR) is 71.6 cm³/mol. The first-order chi connectivity index (χ1) is 8.04. The van der Waals surface area contributed by atoms with Crippen molar-refractivity contribution in [2.45, 2.75) is 26.4 Å². The summed E-state index contributed by atoms with van der Waals surface area (Å²) in [5.74, 6) is -0.323. The fraction of sp³-hybridized carbons (Fsp3) is 0.462. The van der Waals surface area contributed by atoms with Crippen LogP contribution in [0.1, 0.15) is 19.4 Å². The molecule has 1 aromatic rings. The number of nitrogens with one attached hydrogen (secondary N) is 1. The van der Waals surface area contributed by atoms with E-state index in [1.54, 1.807) is 0 Å². The Morgan fingerprint density at radius 2 is 1.94 bits per heavy atom. The molecular weight excluding hydrogens is 282 g/mol. The molecule has 0 aliphatic rings. The molecule has 94 valence electrons. The number of carbonyl (C=O) groups is 1. The van der Waals surface area contributed by atoms with Gasteiger partial charge >= 0.3 is 5.97 Å². The molecule has 0 saturated carbocycles.